The van der Waals surface area contributed by atoms with Gasteiger partial charge in [-0.1, -0.05) is 66.2 Å². The van der Waals surface area contributed by atoms with Crippen molar-refractivity contribution in [1.82, 2.24) is 9.88 Å². The molecule has 1 aliphatic rings. The molecule has 0 saturated carbocycles. The first-order chi connectivity index (χ1) is 16.0. The SMILES string of the molecule is Cc1cccc(Cn2cc(/C=C3\C(=O)NC(=S)N(c4ccccc4)C3=O)c3ccccc32)c1. The van der Waals surface area contributed by atoms with Gasteiger partial charge in [-0.15, -0.1) is 0 Å². The molecule has 4 aromatic rings. The van der Waals surface area contributed by atoms with Gasteiger partial charge in [-0.25, -0.2) is 0 Å². The molecule has 1 saturated heterocycles. The third kappa shape index (κ3) is 3.97. The molecule has 0 aliphatic carbocycles. The lowest BCUT2D eigenvalue weighted by atomic mass is 10.1. The molecule has 0 spiro atoms. The number of aromatic nitrogens is 1. The highest BCUT2D eigenvalue weighted by molar-refractivity contribution is 7.80. The quantitative estimate of drug-likeness (QED) is 0.275. The van der Waals surface area contributed by atoms with E-state index in [9.17, 15) is 9.59 Å². The minimum atomic E-state index is -0.493. The number of anilines is 1. The summed E-state index contributed by atoms with van der Waals surface area (Å²) in [5.74, 6) is -0.932. The lowest BCUT2D eigenvalue weighted by Gasteiger charge is -2.28. The number of para-hydroxylation sites is 2. The normalized spacial score (nSPS) is 15.4. The smallest absolute Gasteiger partial charge is 0.270 e. The summed E-state index contributed by atoms with van der Waals surface area (Å²) in [5, 5.41) is 3.70. The Morgan fingerprint density at radius 3 is 2.48 bits per heavy atom. The van der Waals surface area contributed by atoms with Crippen LogP contribution in [0.1, 0.15) is 16.7 Å². The van der Waals surface area contributed by atoms with E-state index in [1.807, 2.05) is 54.7 Å². The number of amides is 2. The number of benzene rings is 3. The predicted octanol–water partition coefficient (Wildman–Crippen LogP) is 4.83. The number of aryl methyl sites for hydroxylation is 1. The van der Waals surface area contributed by atoms with Gasteiger partial charge in [0.25, 0.3) is 11.8 Å². The van der Waals surface area contributed by atoms with E-state index >= 15 is 0 Å². The minimum Gasteiger partial charge on any atom is -0.342 e. The highest BCUT2D eigenvalue weighted by atomic mass is 32.1. The van der Waals surface area contributed by atoms with Gasteiger partial charge in [-0.2, -0.15) is 0 Å². The fourth-order valence-corrected chi connectivity index (χ4v) is 4.43. The van der Waals surface area contributed by atoms with Crippen molar-refractivity contribution in [3.63, 3.8) is 0 Å². The summed E-state index contributed by atoms with van der Waals surface area (Å²) in [7, 11) is 0. The average Bonchev–Trinajstić information content (AvgIpc) is 3.14. The lowest BCUT2D eigenvalue weighted by molar-refractivity contribution is -0.122. The number of carbonyl (C=O) groups excluding carboxylic acids is 2. The fourth-order valence-electron chi connectivity index (χ4n) is 4.15. The summed E-state index contributed by atoms with van der Waals surface area (Å²) in [6.07, 6.45) is 3.64. The maximum atomic E-state index is 13.3. The van der Waals surface area contributed by atoms with Crippen LogP contribution in [0.25, 0.3) is 17.0 Å². The molecule has 5 rings (SSSR count). The van der Waals surface area contributed by atoms with Gasteiger partial charge < -0.3 is 4.57 Å². The number of fused-ring (bicyclic) bond motifs is 1. The topological polar surface area (TPSA) is 54.3 Å². The molecule has 1 aliphatic heterocycles. The van der Waals surface area contributed by atoms with Crippen molar-refractivity contribution in [2.75, 3.05) is 4.90 Å². The zero-order chi connectivity index (χ0) is 22.9. The molecular formula is C27H21N3O2S. The maximum Gasteiger partial charge on any atom is 0.270 e. The van der Waals surface area contributed by atoms with Crippen LogP contribution in [0.5, 0.6) is 0 Å². The summed E-state index contributed by atoms with van der Waals surface area (Å²) < 4.78 is 2.14. The number of thiocarbonyl (C=S) groups is 1. The number of hydrogen-bond acceptors (Lipinski definition) is 3. The van der Waals surface area contributed by atoms with E-state index in [2.05, 4.69) is 35.0 Å². The standard InChI is InChI=1S/C27H21N3O2S/c1-18-8-7-9-19(14-18)16-29-17-20(22-12-5-6-13-24(22)29)15-23-25(31)28-27(33)30(26(23)32)21-10-3-2-4-11-21/h2-15,17H,16H2,1H3,(H,28,31,33)/b23-15+. The number of rotatable bonds is 4. The third-order valence-electron chi connectivity index (χ3n) is 5.67. The molecule has 2 amide bonds. The predicted molar refractivity (Wildman–Crippen MR) is 135 cm³/mol. The second-order valence-corrected chi connectivity index (χ2v) is 8.40. The number of nitrogens with one attached hydrogen (secondary N) is 1. The molecule has 5 nitrogen and oxygen atoms in total. The maximum absolute atomic E-state index is 13.3. The average molecular weight is 452 g/mol. The van der Waals surface area contributed by atoms with Gasteiger partial charge in [-0.3, -0.25) is 19.8 Å². The van der Waals surface area contributed by atoms with E-state index in [4.69, 9.17) is 12.2 Å². The molecule has 33 heavy (non-hydrogen) atoms. The Balaban J connectivity index is 1.57. The van der Waals surface area contributed by atoms with Gasteiger partial charge in [-0.05, 0) is 49.0 Å². The van der Waals surface area contributed by atoms with E-state index in [0.29, 0.717) is 12.2 Å². The number of nitrogens with zero attached hydrogens (tertiary/aromatic N) is 2. The second kappa shape index (κ2) is 8.48. The van der Waals surface area contributed by atoms with Crippen molar-refractivity contribution < 1.29 is 9.59 Å². The van der Waals surface area contributed by atoms with Crippen LogP contribution in [0.4, 0.5) is 5.69 Å². The summed E-state index contributed by atoms with van der Waals surface area (Å²) in [6.45, 7) is 2.76. The zero-order valence-corrected chi connectivity index (χ0v) is 18.8. The largest absolute Gasteiger partial charge is 0.342 e. The summed E-state index contributed by atoms with van der Waals surface area (Å²) in [5.41, 5.74) is 4.88. The Kier molecular flexibility index (Phi) is 5.36. The minimum absolute atomic E-state index is 0.0471. The Morgan fingerprint density at radius 1 is 0.939 bits per heavy atom. The molecule has 0 bridgehead atoms. The number of carbonyl (C=O) groups is 2. The van der Waals surface area contributed by atoms with Gasteiger partial charge in [0.15, 0.2) is 5.11 Å². The molecule has 1 fully saturated rings. The first kappa shape index (κ1) is 20.8. The molecule has 1 N–H and O–H groups in total. The molecule has 0 unspecified atom stereocenters. The van der Waals surface area contributed by atoms with E-state index < -0.39 is 11.8 Å². The number of hydrogen-bond donors (Lipinski definition) is 1. The monoisotopic (exact) mass is 451 g/mol. The van der Waals surface area contributed by atoms with Gasteiger partial charge >= 0.3 is 0 Å². The van der Waals surface area contributed by atoms with Crippen LogP contribution in [0.15, 0.2) is 90.6 Å². The van der Waals surface area contributed by atoms with E-state index in [1.165, 1.54) is 16.0 Å². The van der Waals surface area contributed by atoms with Gasteiger partial charge in [0.1, 0.15) is 5.57 Å². The lowest BCUT2D eigenvalue weighted by Crippen LogP contribution is -2.54. The summed E-state index contributed by atoms with van der Waals surface area (Å²) in [4.78, 5) is 27.4. The first-order valence-corrected chi connectivity index (χ1v) is 11.0. The molecule has 0 radical (unpaired) electrons. The second-order valence-electron chi connectivity index (χ2n) is 8.01. The van der Waals surface area contributed by atoms with Crippen LogP contribution in [0, 0.1) is 6.92 Å². The van der Waals surface area contributed by atoms with Crippen LogP contribution in [-0.4, -0.2) is 21.5 Å². The Hall–Kier alpha value is -4.03. The van der Waals surface area contributed by atoms with Crippen LogP contribution in [0.2, 0.25) is 0 Å². The van der Waals surface area contributed by atoms with E-state index in [-0.39, 0.29) is 10.7 Å². The van der Waals surface area contributed by atoms with Crippen LogP contribution in [-0.2, 0) is 16.1 Å². The molecule has 3 aromatic carbocycles. The summed E-state index contributed by atoms with van der Waals surface area (Å²) >= 11 is 5.29. The van der Waals surface area contributed by atoms with Crippen LogP contribution < -0.4 is 10.2 Å². The molecule has 162 valence electrons. The van der Waals surface area contributed by atoms with Crippen molar-refractivity contribution in [3.05, 3.63) is 107 Å². The van der Waals surface area contributed by atoms with Crippen molar-refractivity contribution in [2.24, 2.45) is 0 Å². The molecule has 6 heteroatoms. The van der Waals surface area contributed by atoms with Crippen molar-refractivity contribution in [1.29, 1.82) is 0 Å². The highest BCUT2D eigenvalue weighted by Crippen LogP contribution is 2.27. The Morgan fingerprint density at radius 2 is 1.70 bits per heavy atom. The zero-order valence-electron chi connectivity index (χ0n) is 18.0. The highest BCUT2D eigenvalue weighted by Gasteiger charge is 2.34. The van der Waals surface area contributed by atoms with E-state index in [1.54, 1.807) is 18.2 Å². The fraction of sp³-hybridized carbons (Fsp3) is 0.0741. The van der Waals surface area contributed by atoms with Gasteiger partial charge in [0.2, 0.25) is 0 Å². The van der Waals surface area contributed by atoms with Crippen molar-refractivity contribution in [3.8, 4) is 0 Å². The van der Waals surface area contributed by atoms with E-state index in [0.717, 1.165) is 16.5 Å². The Labute approximate surface area is 196 Å². The molecular weight excluding hydrogens is 430 g/mol. The molecule has 0 atom stereocenters. The summed E-state index contributed by atoms with van der Waals surface area (Å²) in [6, 6.07) is 25.4. The van der Waals surface area contributed by atoms with Gasteiger partial charge in [0.05, 0.1) is 5.69 Å². The van der Waals surface area contributed by atoms with Crippen LogP contribution in [0.3, 0.4) is 0 Å². The third-order valence-corrected chi connectivity index (χ3v) is 5.96. The van der Waals surface area contributed by atoms with Gasteiger partial charge in [0, 0.05) is 29.2 Å². The first-order valence-electron chi connectivity index (χ1n) is 10.6. The molecule has 2 heterocycles. The Bertz CT molecular complexity index is 1440. The van der Waals surface area contributed by atoms with Crippen molar-refractivity contribution >= 4 is 51.8 Å². The molecule has 1 aromatic heterocycles. The van der Waals surface area contributed by atoms with Crippen molar-refractivity contribution in [2.45, 2.75) is 13.5 Å². The van der Waals surface area contributed by atoms with Crippen LogP contribution >= 0.6 is 12.2 Å².